The van der Waals surface area contributed by atoms with E-state index in [-0.39, 0.29) is 11.2 Å². The highest BCUT2D eigenvalue weighted by atomic mass is 16.5. The molecule has 0 saturated carbocycles. The van der Waals surface area contributed by atoms with Crippen LogP contribution in [0.4, 0.5) is 5.69 Å². The van der Waals surface area contributed by atoms with Gasteiger partial charge in [0.05, 0.1) is 23.1 Å². The molecule has 3 rings (SSSR count). The maximum Gasteiger partial charge on any atom is 0.330 e. The first-order valence-electron chi connectivity index (χ1n) is 8.46. The molecule has 3 atom stereocenters. The molecule has 130 valence electrons. The summed E-state index contributed by atoms with van der Waals surface area (Å²) < 4.78 is 8.43. The first-order chi connectivity index (χ1) is 11.4. The Kier molecular flexibility index (Phi) is 4.49. The van der Waals surface area contributed by atoms with Gasteiger partial charge in [0.25, 0.3) is 5.56 Å². The van der Waals surface area contributed by atoms with Gasteiger partial charge in [0.2, 0.25) is 0 Å². The summed E-state index contributed by atoms with van der Waals surface area (Å²) in [5.41, 5.74) is 1.02. The number of nitrogens with zero attached hydrogens (tertiary/aromatic N) is 2. The number of benzene rings is 1. The van der Waals surface area contributed by atoms with E-state index < -0.39 is 0 Å². The third kappa shape index (κ3) is 3.11. The van der Waals surface area contributed by atoms with Crippen LogP contribution in [0.1, 0.15) is 26.7 Å². The highest BCUT2D eigenvalue weighted by Crippen LogP contribution is 2.25. The number of fused-ring (bicyclic) bond motifs is 1. The second-order valence-corrected chi connectivity index (χ2v) is 6.91. The van der Waals surface area contributed by atoms with E-state index in [4.69, 9.17) is 4.74 Å². The molecule has 1 aliphatic heterocycles. The Morgan fingerprint density at radius 1 is 1.12 bits per heavy atom. The number of ether oxygens (including phenoxy) is 1. The summed E-state index contributed by atoms with van der Waals surface area (Å²) in [6.07, 6.45) is 2.68. The molecule has 24 heavy (non-hydrogen) atoms. The van der Waals surface area contributed by atoms with E-state index in [2.05, 4.69) is 19.2 Å². The standard InChI is InChI=1S/C18H25N3O3/c1-11-7-13(8-12(2)24-11)10-19-14-5-6-15-16(9-14)20(3)18(23)21(4)17(15)22/h5-6,9,11-13,19H,7-8,10H2,1-4H3/t11-,12+,13?. The number of aromatic nitrogens is 2. The van der Waals surface area contributed by atoms with Crippen molar-refractivity contribution < 1.29 is 4.74 Å². The lowest BCUT2D eigenvalue weighted by molar-refractivity contribution is -0.0495. The van der Waals surface area contributed by atoms with Gasteiger partial charge in [-0.05, 0) is 50.8 Å². The normalized spacial score (nSPS) is 24.2. The summed E-state index contributed by atoms with van der Waals surface area (Å²) in [6, 6.07) is 5.57. The molecule has 0 radical (unpaired) electrons. The van der Waals surface area contributed by atoms with Gasteiger partial charge in [-0.1, -0.05) is 0 Å². The Morgan fingerprint density at radius 3 is 2.46 bits per heavy atom. The highest BCUT2D eigenvalue weighted by molar-refractivity contribution is 5.81. The highest BCUT2D eigenvalue weighted by Gasteiger charge is 2.24. The van der Waals surface area contributed by atoms with Crippen LogP contribution >= 0.6 is 0 Å². The van der Waals surface area contributed by atoms with Crippen molar-refractivity contribution in [2.24, 2.45) is 20.0 Å². The summed E-state index contributed by atoms with van der Waals surface area (Å²) >= 11 is 0. The summed E-state index contributed by atoms with van der Waals surface area (Å²) in [5.74, 6) is 0.562. The lowest BCUT2D eigenvalue weighted by Crippen LogP contribution is -2.37. The molecular weight excluding hydrogens is 306 g/mol. The smallest absolute Gasteiger partial charge is 0.330 e. The molecule has 0 aliphatic carbocycles. The molecule has 1 aromatic heterocycles. The molecular formula is C18H25N3O3. The molecule has 0 spiro atoms. The average Bonchev–Trinajstić information content (AvgIpc) is 2.55. The van der Waals surface area contributed by atoms with E-state index in [0.717, 1.165) is 29.6 Å². The van der Waals surface area contributed by atoms with Crippen molar-refractivity contribution in [3.8, 4) is 0 Å². The molecule has 6 heteroatoms. The van der Waals surface area contributed by atoms with E-state index in [9.17, 15) is 9.59 Å². The summed E-state index contributed by atoms with van der Waals surface area (Å²) in [7, 11) is 3.19. The fraction of sp³-hybridized carbons (Fsp3) is 0.556. The summed E-state index contributed by atoms with van der Waals surface area (Å²) in [6.45, 7) is 5.09. The molecule has 1 N–H and O–H groups in total. The van der Waals surface area contributed by atoms with E-state index in [1.807, 2.05) is 12.1 Å². The van der Waals surface area contributed by atoms with Gasteiger partial charge in [0.1, 0.15) is 0 Å². The minimum atomic E-state index is -0.309. The first kappa shape index (κ1) is 16.8. The van der Waals surface area contributed by atoms with Crippen LogP contribution in [0, 0.1) is 5.92 Å². The number of nitrogens with one attached hydrogen (secondary N) is 1. The number of rotatable bonds is 3. The lowest BCUT2D eigenvalue weighted by Gasteiger charge is -2.32. The Morgan fingerprint density at radius 2 is 1.79 bits per heavy atom. The number of hydrogen-bond donors (Lipinski definition) is 1. The molecule has 1 aliphatic rings. The van der Waals surface area contributed by atoms with Gasteiger partial charge in [-0.25, -0.2) is 4.79 Å². The van der Waals surface area contributed by atoms with E-state index >= 15 is 0 Å². The lowest BCUT2D eigenvalue weighted by atomic mass is 9.92. The van der Waals surface area contributed by atoms with Crippen molar-refractivity contribution in [3.05, 3.63) is 39.0 Å². The molecule has 1 fully saturated rings. The van der Waals surface area contributed by atoms with Gasteiger partial charge >= 0.3 is 5.69 Å². The molecule has 0 bridgehead atoms. The molecule has 6 nitrogen and oxygen atoms in total. The zero-order chi connectivity index (χ0) is 17.4. The van der Waals surface area contributed by atoms with Crippen LogP contribution in [-0.2, 0) is 18.8 Å². The van der Waals surface area contributed by atoms with Gasteiger partial charge in [-0.15, -0.1) is 0 Å². The summed E-state index contributed by atoms with van der Waals surface area (Å²) in [4.78, 5) is 24.3. The Labute approximate surface area is 141 Å². The van der Waals surface area contributed by atoms with Crippen molar-refractivity contribution in [2.45, 2.75) is 38.9 Å². The third-order valence-electron chi connectivity index (χ3n) is 4.86. The maximum atomic E-state index is 12.2. The number of aryl methyl sites for hydroxylation is 1. The Hall–Kier alpha value is -2.08. The molecule has 1 aromatic carbocycles. The quantitative estimate of drug-likeness (QED) is 0.932. The van der Waals surface area contributed by atoms with Crippen molar-refractivity contribution in [2.75, 3.05) is 11.9 Å². The van der Waals surface area contributed by atoms with Crippen molar-refractivity contribution >= 4 is 16.6 Å². The van der Waals surface area contributed by atoms with Gasteiger partial charge in [-0.3, -0.25) is 13.9 Å². The van der Waals surface area contributed by atoms with Crippen molar-refractivity contribution in [1.82, 2.24) is 9.13 Å². The van der Waals surface area contributed by atoms with Crippen LogP contribution < -0.4 is 16.6 Å². The Balaban J connectivity index is 1.84. The van der Waals surface area contributed by atoms with Crippen LogP contribution in [-0.4, -0.2) is 27.9 Å². The molecule has 0 amide bonds. The second-order valence-electron chi connectivity index (χ2n) is 6.91. The van der Waals surface area contributed by atoms with Gasteiger partial charge in [0, 0.05) is 26.3 Å². The van der Waals surface area contributed by atoms with Gasteiger partial charge in [0.15, 0.2) is 0 Å². The largest absolute Gasteiger partial charge is 0.385 e. The molecule has 2 aromatic rings. The van der Waals surface area contributed by atoms with Crippen LogP contribution in [0.5, 0.6) is 0 Å². The number of anilines is 1. The Bertz CT molecular complexity index is 858. The van der Waals surface area contributed by atoms with Crippen molar-refractivity contribution in [3.63, 3.8) is 0 Å². The fourth-order valence-electron chi connectivity index (χ4n) is 3.67. The van der Waals surface area contributed by atoms with Crippen LogP contribution in [0.25, 0.3) is 10.9 Å². The predicted octanol–water partition coefficient (Wildman–Crippen LogP) is 1.85. The topological polar surface area (TPSA) is 65.3 Å². The van der Waals surface area contributed by atoms with E-state index in [1.54, 1.807) is 13.1 Å². The zero-order valence-corrected chi connectivity index (χ0v) is 14.7. The van der Waals surface area contributed by atoms with E-state index in [0.29, 0.717) is 29.0 Å². The SMILES string of the molecule is C[C@@H]1CC(CNc2ccc3c(=O)n(C)c(=O)n(C)c3c2)C[C@H](C)O1. The molecule has 2 heterocycles. The third-order valence-corrected chi connectivity index (χ3v) is 4.86. The molecule has 1 saturated heterocycles. The summed E-state index contributed by atoms with van der Waals surface area (Å²) in [5, 5.41) is 4.00. The zero-order valence-electron chi connectivity index (χ0n) is 14.7. The minimum absolute atomic E-state index is 0.258. The predicted molar refractivity (Wildman–Crippen MR) is 95.7 cm³/mol. The second kappa shape index (κ2) is 6.43. The van der Waals surface area contributed by atoms with Crippen LogP contribution in [0.3, 0.4) is 0 Å². The fourth-order valence-corrected chi connectivity index (χ4v) is 3.67. The van der Waals surface area contributed by atoms with Crippen molar-refractivity contribution in [1.29, 1.82) is 0 Å². The monoisotopic (exact) mass is 331 g/mol. The van der Waals surface area contributed by atoms with Crippen LogP contribution in [0.15, 0.2) is 27.8 Å². The minimum Gasteiger partial charge on any atom is -0.385 e. The molecule has 1 unspecified atom stereocenters. The number of hydrogen-bond acceptors (Lipinski definition) is 4. The van der Waals surface area contributed by atoms with E-state index in [1.165, 1.54) is 11.6 Å². The first-order valence-corrected chi connectivity index (χ1v) is 8.46. The maximum absolute atomic E-state index is 12.2. The van der Waals surface area contributed by atoms with Gasteiger partial charge in [-0.2, -0.15) is 0 Å². The van der Waals surface area contributed by atoms with Gasteiger partial charge < -0.3 is 10.1 Å². The van der Waals surface area contributed by atoms with Crippen LogP contribution in [0.2, 0.25) is 0 Å². The average molecular weight is 331 g/mol.